The highest BCUT2D eigenvalue weighted by atomic mass is 32.1. The van der Waals surface area contributed by atoms with Crippen molar-refractivity contribution in [3.05, 3.63) is 34.8 Å². The number of methoxy groups -OCH3 is 2. The summed E-state index contributed by atoms with van der Waals surface area (Å²) in [5.74, 6) is 0.892. The average molecular weight is 361 g/mol. The van der Waals surface area contributed by atoms with Gasteiger partial charge in [-0.1, -0.05) is 23.5 Å². The first-order valence-corrected chi connectivity index (χ1v) is 9.07. The van der Waals surface area contributed by atoms with Crippen molar-refractivity contribution in [1.29, 1.82) is 0 Å². The molecule has 1 aromatic heterocycles. The van der Waals surface area contributed by atoms with Crippen LogP contribution in [0, 0.1) is 6.92 Å². The van der Waals surface area contributed by atoms with Crippen molar-refractivity contribution in [3.8, 4) is 10.9 Å². The highest BCUT2D eigenvalue weighted by Gasteiger charge is 2.31. The smallest absolute Gasteiger partial charge is 0.273 e. The number of amides is 1. The quantitative estimate of drug-likeness (QED) is 0.838. The number of aryl methyl sites for hydroxylation is 1. The Morgan fingerprint density at radius 2 is 2.00 bits per heavy atom. The molecule has 2 heterocycles. The van der Waals surface area contributed by atoms with Gasteiger partial charge in [0.25, 0.3) is 11.1 Å². The number of hydrogen-bond donors (Lipinski definition) is 0. The van der Waals surface area contributed by atoms with Crippen LogP contribution in [0.25, 0.3) is 0 Å². The maximum absolute atomic E-state index is 12.9. The highest BCUT2D eigenvalue weighted by molar-refractivity contribution is 7.15. The zero-order valence-corrected chi connectivity index (χ0v) is 15.8. The van der Waals surface area contributed by atoms with Gasteiger partial charge in [0, 0.05) is 25.7 Å². The van der Waals surface area contributed by atoms with E-state index >= 15 is 0 Å². The molecule has 2 aromatic rings. The summed E-state index contributed by atoms with van der Waals surface area (Å²) in [6.45, 7) is 6.12. The Kier molecular flexibility index (Phi) is 5.13. The largest absolute Gasteiger partial charge is 0.495 e. The molecule has 7 heteroatoms. The number of carbonyl (C=O) groups excluding carboxylic acids is 1. The fourth-order valence-corrected chi connectivity index (χ4v) is 4.00. The van der Waals surface area contributed by atoms with Gasteiger partial charge >= 0.3 is 0 Å². The van der Waals surface area contributed by atoms with Crippen LogP contribution in [0.15, 0.2) is 24.3 Å². The number of nitrogens with zero attached hydrogens (tertiary/aromatic N) is 3. The van der Waals surface area contributed by atoms with E-state index in [-0.39, 0.29) is 11.9 Å². The normalized spacial score (nSPS) is 17.5. The topological polar surface area (TPSA) is 54.9 Å². The molecule has 6 nitrogen and oxygen atoms in total. The van der Waals surface area contributed by atoms with Gasteiger partial charge in [-0.05, 0) is 26.0 Å². The molecule has 0 bridgehead atoms. The summed E-state index contributed by atoms with van der Waals surface area (Å²) in [5, 5.41) is 0.529. The fourth-order valence-electron chi connectivity index (χ4n) is 3.16. The number of rotatable bonds is 4. The monoisotopic (exact) mass is 361 g/mol. The number of piperazine rings is 1. The molecule has 0 N–H and O–H groups in total. The van der Waals surface area contributed by atoms with Crippen LogP contribution >= 0.6 is 11.3 Å². The third-order valence-electron chi connectivity index (χ3n) is 4.46. The van der Waals surface area contributed by atoms with Crippen LogP contribution in [0.3, 0.4) is 0 Å². The molecule has 1 aliphatic heterocycles. The standard InChI is InChI=1S/C18H23N3O3S/c1-12-11-20(14-7-5-6-8-15(14)23-3)9-10-21(12)17(22)16-13(2)19-18(24-4)25-16/h5-8,12H,9-11H2,1-4H3/t12-/m1/s1. The van der Waals surface area contributed by atoms with Crippen molar-refractivity contribution >= 4 is 22.9 Å². The summed E-state index contributed by atoms with van der Waals surface area (Å²) in [5.41, 5.74) is 1.80. The second-order valence-electron chi connectivity index (χ2n) is 6.06. The molecule has 1 fully saturated rings. The van der Waals surface area contributed by atoms with Crippen LogP contribution in [0.2, 0.25) is 0 Å². The van der Waals surface area contributed by atoms with E-state index in [2.05, 4.69) is 22.9 Å². The SMILES string of the molecule is COc1nc(C)c(C(=O)N2CCN(c3ccccc3OC)C[C@H]2C)s1. The molecule has 0 saturated carbocycles. The van der Waals surface area contributed by atoms with Gasteiger partial charge in [0.05, 0.1) is 25.6 Å². The molecule has 1 atom stereocenters. The van der Waals surface area contributed by atoms with Gasteiger partial charge in [0.1, 0.15) is 10.6 Å². The minimum Gasteiger partial charge on any atom is -0.495 e. The van der Waals surface area contributed by atoms with Crippen LogP contribution < -0.4 is 14.4 Å². The minimum atomic E-state index is 0.0328. The number of carbonyl (C=O) groups is 1. The Balaban J connectivity index is 1.75. The zero-order chi connectivity index (χ0) is 18.0. The summed E-state index contributed by atoms with van der Waals surface area (Å²) >= 11 is 1.31. The molecular weight excluding hydrogens is 338 g/mol. The summed E-state index contributed by atoms with van der Waals surface area (Å²) in [4.78, 5) is 22.1. The number of ether oxygens (including phenoxy) is 2. The van der Waals surface area contributed by atoms with Gasteiger partial charge in [-0.15, -0.1) is 0 Å². The number of thiazole rings is 1. The van der Waals surface area contributed by atoms with Crippen LogP contribution in [0.5, 0.6) is 10.9 Å². The Labute approximate surface area is 152 Å². The first-order valence-electron chi connectivity index (χ1n) is 8.25. The van der Waals surface area contributed by atoms with Crippen LogP contribution in [0.4, 0.5) is 5.69 Å². The fraction of sp³-hybridized carbons (Fsp3) is 0.444. The lowest BCUT2D eigenvalue weighted by atomic mass is 10.1. The molecule has 3 rings (SSSR count). The Morgan fingerprint density at radius 1 is 1.24 bits per heavy atom. The highest BCUT2D eigenvalue weighted by Crippen LogP contribution is 2.31. The number of benzene rings is 1. The van der Waals surface area contributed by atoms with E-state index in [0.717, 1.165) is 30.2 Å². The third kappa shape index (κ3) is 3.42. The molecule has 25 heavy (non-hydrogen) atoms. The average Bonchev–Trinajstić information content (AvgIpc) is 3.02. The van der Waals surface area contributed by atoms with E-state index in [1.165, 1.54) is 11.3 Å². The lowest BCUT2D eigenvalue weighted by Crippen LogP contribution is -2.54. The molecule has 0 unspecified atom stereocenters. The van der Waals surface area contributed by atoms with Crippen LogP contribution in [-0.2, 0) is 0 Å². The maximum atomic E-state index is 12.9. The molecule has 1 aromatic carbocycles. The molecular formula is C18H23N3O3S. The number of anilines is 1. The lowest BCUT2D eigenvalue weighted by molar-refractivity contribution is 0.0678. The predicted octanol–water partition coefficient (Wildman–Crippen LogP) is 2.82. The number of hydrogen-bond acceptors (Lipinski definition) is 6. The van der Waals surface area contributed by atoms with E-state index < -0.39 is 0 Å². The maximum Gasteiger partial charge on any atom is 0.273 e. The Morgan fingerprint density at radius 3 is 2.64 bits per heavy atom. The van der Waals surface area contributed by atoms with Crippen molar-refractivity contribution in [3.63, 3.8) is 0 Å². The second-order valence-corrected chi connectivity index (χ2v) is 7.03. The molecule has 0 spiro atoms. The van der Waals surface area contributed by atoms with Crippen molar-refractivity contribution in [2.24, 2.45) is 0 Å². The molecule has 1 aliphatic rings. The Bertz CT molecular complexity index is 762. The van der Waals surface area contributed by atoms with Gasteiger partial charge in [-0.25, -0.2) is 4.98 Å². The van der Waals surface area contributed by atoms with E-state index in [1.807, 2.05) is 30.0 Å². The molecule has 0 aliphatic carbocycles. The zero-order valence-electron chi connectivity index (χ0n) is 15.0. The van der Waals surface area contributed by atoms with Gasteiger partial charge in [-0.2, -0.15) is 0 Å². The lowest BCUT2D eigenvalue weighted by Gasteiger charge is -2.41. The van der Waals surface area contributed by atoms with Crippen LogP contribution in [-0.4, -0.2) is 55.7 Å². The molecule has 134 valence electrons. The van der Waals surface area contributed by atoms with Gasteiger partial charge < -0.3 is 19.3 Å². The molecule has 1 saturated heterocycles. The minimum absolute atomic E-state index is 0.0328. The van der Waals surface area contributed by atoms with Crippen molar-refractivity contribution in [1.82, 2.24) is 9.88 Å². The summed E-state index contributed by atoms with van der Waals surface area (Å²) in [7, 11) is 3.25. The first kappa shape index (κ1) is 17.5. The summed E-state index contributed by atoms with van der Waals surface area (Å²) in [6, 6.07) is 8.09. The van der Waals surface area contributed by atoms with Gasteiger partial charge in [0.15, 0.2) is 0 Å². The second kappa shape index (κ2) is 7.31. The third-order valence-corrected chi connectivity index (χ3v) is 5.57. The van der Waals surface area contributed by atoms with E-state index in [1.54, 1.807) is 14.2 Å². The van der Waals surface area contributed by atoms with E-state index in [0.29, 0.717) is 16.6 Å². The number of para-hydroxylation sites is 2. The number of aromatic nitrogens is 1. The van der Waals surface area contributed by atoms with Crippen molar-refractivity contribution in [2.75, 3.05) is 38.8 Å². The van der Waals surface area contributed by atoms with Gasteiger partial charge in [0.2, 0.25) is 0 Å². The van der Waals surface area contributed by atoms with Crippen molar-refractivity contribution in [2.45, 2.75) is 19.9 Å². The van der Waals surface area contributed by atoms with E-state index in [4.69, 9.17) is 9.47 Å². The first-order chi connectivity index (χ1) is 12.0. The molecule has 0 radical (unpaired) electrons. The van der Waals surface area contributed by atoms with Crippen LogP contribution in [0.1, 0.15) is 22.3 Å². The molecule has 1 amide bonds. The summed E-state index contributed by atoms with van der Waals surface area (Å²) < 4.78 is 10.6. The van der Waals surface area contributed by atoms with Crippen molar-refractivity contribution < 1.29 is 14.3 Å². The predicted molar refractivity (Wildman–Crippen MR) is 99.1 cm³/mol. The Hall–Kier alpha value is -2.28. The van der Waals surface area contributed by atoms with E-state index in [9.17, 15) is 4.79 Å². The summed E-state index contributed by atoms with van der Waals surface area (Å²) in [6.07, 6.45) is 0. The van der Waals surface area contributed by atoms with Gasteiger partial charge in [-0.3, -0.25) is 4.79 Å².